The minimum atomic E-state index is -0.571. The molecule has 1 heterocycles. The summed E-state index contributed by atoms with van der Waals surface area (Å²) < 4.78 is 4.63. The number of amides is 1. The molecular formula is C10H18N2O4. The second kappa shape index (κ2) is 5.81. The zero-order chi connectivity index (χ0) is 12.1. The number of likely N-dealkylation sites (N-methyl/N-ethyl adjacent to an activating group) is 1. The molecule has 0 radical (unpaired) electrons. The van der Waals surface area contributed by atoms with E-state index in [0.29, 0.717) is 19.5 Å². The maximum atomic E-state index is 11.4. The number of rotatable bonds is 4. The summed E-state index contributed by atoms with van der Waals surface area (Å²) in [6, 6.07) is -0.511. The Labute approximate surface area is 94.6 Å². The molecule has 6 heteroatoms. The molecular weight excluding hydrogens is 212 g/mol. The van der Waals surface area contributed by atoms with Crippen molar-refractivity contribution in [2.24, 2.45) is 0 Å². The first kappa shape index (κ1) is 12.9. The highest BCUT2D eigenvalue weighted by Gasteiger charge is 2.37. The maximum Gasteiger partial charge on any atom is 0.323 e. The van der Waals surface area contributed by atoms with Crippen molar-refractivity contribution in [1.29, 1.82) is 0 Å². The Morgan fingerprint density at radius 1 is 1.56 bits per heavy atom. The molecule has 2 unspecified atom stereocenters. The largest absolute Gasteiger partial charge is 0.468 e. The van der Waals surface area contributed by atoms with Crippen LogP contribution in [0.3, 0.4) is 0 Å². The van der Waals surface area contributed by atoms with E-state index in [0.717, 1.165) is 0 Å². The number of hydrogen-bond donors (Lipinski definition) is 2. The van der Waals surface area contributed by atoms with Crippen LogP contribution in [0, 0.1) is 0 Å². The topological polar surface area (TPSA) is 78.9 Å². The fourth-order valence-electron chi connectivity index (χ4n) is 1.87. The number of aliphatic hydroxyl groups is 1. The van der Waals surface area contributed by atoms with Crippen LogP contribution in [0.2, 0.25) is 0 Å². The first-order valence-electron chi connectivity index (χ1n) is 5.35. The second-order valence-electron chi connectivity index (χ2n) is 3.81. The number of aliphatic hydroxyl groups excluding tert-OH is 1. The van der Waals surface area contributed by atoms with Gasteiger partial charge in [-0.15, -0.1) is 0 Å². The van der Waals surface area contributed by atoms with Crippen molar-refractivity contribution in [3.05, 3.63) is 0 Å². The molecule has 1 aliphatic rings. The number of likely N-dealkylation sites (tertiary alicyclic amines) is 1. The van der Waals surface area contributed by atoms with Crippen molar-refractivity contribution in [3.63, 3.8) is 0 Å². The first-order chi connectivity index (χ1) is 7.58. The molecule has 1 rings (SSSR count). The van der Waals surface area contributed by atoms with E-state index in [-0.39, 0.29) is 12.5 Å². The van der Waals surface area contributed by atoms with E-state index in [1.165, 1.54) is 7.11 Å². The fourth-order valence-corrected chi connectivity index (χ4v) is 1.87. The van der Waals surface area contributed by atoms with Crippen LogP contribution < -0.4 is 5.32 Å². The summed E-state index contributed by atoms with van der Waals surface area (Å²) in [5.41, 5.74) is 0. The molecule has 1 saturated heterocycles. The SMILES string of the molecule is CCNC(=O)CN1CC(O)CC1C(=O)OC. The minimum absolute atomic E-state index is 0.116. The van der Waals surface area contributed by atoms with Gasteiger partial charge in [0.1, 0.15) is 6.04 Å². The van der Waals surface area contributed by atoms with Crippen LogP contribution in [0.1, 0.15) is 13.3 Å². The van der Waals surface area contributed by atoms with E-state index in [4.69, 9.17) is 0 Å². The summed E-state index contributed by atoms with van der Waals surface area (Å²) in [6.45, 7) is 2.83. The van der Waals surface area contributed by atoms with Gasteiger partial charge in [-0.1, -0.05) is 0 Å². The zero-order valence-corrected chi connectivity index (χ0v) is 9.60. The summed E-state index contributed by atoms with van der Waals surface area (Å²) in [4.78, 5) is 24.4. The lowest BCUT2D eigenvalue weighted by Gasteiger charge is -2.20. The highest BCUT2D eigenvalue weighted by molar-refractivity contribution is 5.80. The predicted octanol–water partition coefficient (Wildman–Crippen LogP) is -1.27. The Hall–Kier alpha value is -1.14. The van der Waals surface area contributed by atoms with E-state index < -0.39 is 18.1 Å². The normalized spacial score (nSPS) is 25.4. The molecule has 0 saturated carbocycles. The Bertz CT molecular complexity index is 270. The Morgan fingerprint density at radius 2 is 2.25 bits per heavy atom. The van der Waals surface area contributed by atoms with Crippen molar-refractivity contribution in [3.8, 4) is 0 Å². The molecule has 2 atom stereocenters. The van der Waals surface area contributed by atoms with E-state index in [1.807, 2.05) is 6.92 Å². The molecule has 2 N–H and O–H groups in total. The lowest BCUT2D eigenvalue weighted by molar-refractivity contribution is -0.146. The molecule has 16 heavy (non-hydrogen) atoms. The van der Waals surface area contributed by atoms with Crippen LogP contribution in [-0.2, 0) is 14.3 Å². The van der Waals surface area contributed by atoms with Crippen LogP contribution in [0.25, 0.3) is 0 Å². The van der Waals surface area contributed by atoms with E-state index in [1.54, 1.807) is 4.90 Å². The molecule has 1 fully saturated rings. The Balaban J connectivity index is 2.56. The van der Waals surface area contributed by atoms with Gasteiger partial charge in [0, 0.05) is 19.5 Å². The molecule has 92 valence electrons. The predicted molar refractivity (Wildman–Crippen MR) is 56.7 cm³/mol. The molecule has 0 aliphatic carbocycles. The molecule has 0 bridgehead atoms. The standard InChI is InChI=1S/C10H18N2O4/c1-3-11-9(14)6-12-5-7(13)4-8(12)10(15)16-2/h7-8,13H,3-6H2,1-2H3,(H,11,14). The lowest BCUT2D eigenvalue weighted by Crippen LogP contribution is -2.43. The smallest absolute Gasteiger partial charge is 0.323 e. The summed E-state index contributed by atoms with van der Waals surface area (Å²) in [5.74, 6) is -0.550. The number of carbonyl (C=O) groups excluding carboxylic acids is 2. The average molecular weight is 230 g/mol. The molecule has 6 nitrogen and oxygen atoms in total. The number of carbonyl (C=O) groups is 2. The number of β-amino-alcohol motifs (C(OH)–C–C–N with tert-alkyl or cyclic N) is 1. The average Bonchev–Trinajstić information content (AvgIpc) is 2.58. The van der Waals surface area contributed by atoms with Gasteiger partial charge in [0.05, 0.1) is 19.8 Å². The van der Waals surface area contributed by atoms with Crippen molar-refractivity contribution in [2.45, 2.75) is 25.5 Å². The zero-order valence-electron chi connectivity index (χ0n) is 9.60. The van der Waals surface area contributed by atoms with Crippen molar-refractivity contribution >= 4 is 11.9 Å². The number of esters is 1. The third-order valence-electron chi connectivity index (χ3n) is 2.58. The van der Waals surface area contributed by atoms with Gasteiger partial charge >= 0.3 is 5.97 Å². The van der Waals surface area contributed by atoms with Crippen LogP contribution >= 0.6 is 0 Å². The Kier molecular flexibility index (Phi) is 4.70. The van der Waals surface area contributed by atoms with Crippen LogP contribution in [-0.4, -0.2) is 60.8 Å². The molecule has 1 amide bonds. The van der Waals surface area contributed by atoms with E-state index >= 15 is 0 Å². The quantitative estimate of drug-likeness (QED) is 0.589. The summed E-state index contributed by atoms with van der Waals surface area (Å²) in [7, 11) is 1.30. The monoisotopic (exact) mass is 230 g/mol. The first-order valence-corrected chi connectivity index (χ1v) is 5.35. The van der Waals surface area contributed by atoms with Crippen LogP contribution in [0.4, 0.5) is 0 Å². The molecule has 1 aliphatic heterocycles. The second-order valence-corrected chi connectivity index (χ2v) is 3.81. The van der Waals surface area contributed by atoms with Gasteiger partial charge in [0.2, 0.25) is 5.91 Å². The number of nitrogens with one attached hydrogen (secondary N) is 1. The maximum absolute atomic E-state index is 11.4. The van der Waals surface area contributed by atoms with Gasteiger partial charge in [-0.25, -0.2) is 0 Å². The highest BCUT2D eigenvalue weighted by atomic mass is 16.5. The lowest BCUT2D eigenvalue weighted by atomic mass is 10.2. The molecule has 0 spiro atoms. The van der Waals surface area contributed by atoms with Crippen molar-refractivity contribution in [2.75, 3.05) is 26.7 Å². The molecule has 0 aromatic carbocycles. The fraction of sp³-hybridized carbons (Fsp3) is 0.800. The number of nitrogens with zero attached hydrogens (tertiary/aromatic N) is 1. The minimum Gasteiger partial charge on any atom is -0.468 e. The van der Waals surface area contributed by atoms with Crippen LogP contribution in [0.5, 0.6) is 0 Å². The summed E-state index contributed by atoms with van der Waals surface area (Å²) >= 11 is 0. The van der Waals surface area contributed by atoms with Gasteiger partial charge in [0.15, 0.2) is 0 Å². The third-order valence-corrected chi connectivity index (χ3v) is 2.58. The van der Waals surface area contributed by atoms with Gasteiger partial charge in [-0.2, -0.15) is 0 Å². The molecule has 0 aromatic rings. The van der Waals surface area contributed by atoms with Crippen molar-refractivity contribution < 1.29 is 19.4 Å². The Morgan fingerprint density at radius 3 is 2.81 bits per heavy atom. The van der Waals surface area contributed by atoms with Gasteiger partial charge < -0.3 is 15.2 Å². The van der Waals surface area contributed by atoms with Gasteiger partial charge in [-0.05, 0) is 6.92 Å². The van der Waals surface area contributed by atoms with Gasteiger partial charge in [0.25, 0.3) is 0 Å². The number of ether oxygens (including phenoxy) is 1. The summed E-state index contributed by atoms with van der Waals surface area (Å²) in [6.07, 6.45) is -0.245. The highest BCUT2D eigenvalue weighted by Crippen LogP contribution is 2.18. The summed E-state index contributed by atoms with van der Waals surface area (Å²) in [5, 5.41) is 12.1. The number of hydrogen-bond acceptors (Lipinski definition) is 5. The van der Waals surface area contributed by atoms with Crippen LogP contribution in [0.15, 0.2) is 0 Å². The third kappa shape index (κ3) is 3.18. The number of methoxy groups -OCH3 is 1. The van der Waals surface area contributed by atoms with Gasteiger partial charge in [-0.3, -0.25) is 14.5 Å². The van der Waals surface area contributed by atoms with E-state index in [2.05, 4.69) is 10.1 Å². The molecule has 0 aromatic heterocycles. The van der Waals surface area contributed by atoms with E-state index in [9.17, 15) is 14.7 Å². The van der Waals surface area contributed by atoms with Crippen molar-refractivity contribution in [1.82, 2.24) is 10.2 Å².